The molecule has 1 aromatic heterocycles. The molecule has 2 atom stereocenters. The first kappa shape index (κ1) is 17.5. The van der Waals surface area contributed by atoms with E-state index in [-0.39, 0.29) is 17.6 Å². The predicted octanol–water partition coefficient (Wildman–Crippen LogP) is 5.02. The van der Waals surface area contributed by atoms with E-state index < -0.39 is 0 Å². The molecule has 1 N–H and O–H groups in total. The van der Waals surface area contributed by atoms with Gasteiger partial charge in [0.15, 0.2) is 0 Å². The summed E-state index contributed by atoms with van der Waals surface area (Å²) in [6, 6.07) is 11.2. The molecular weight excluding hydrogens is 314 g/mol. The molecule has 3 rings (SSSR count). The minimum atomic E-state index is -0.352. The summed E-state index contributed by atoms with van der Waals surface area (Å²) < 4.78 is 5.61. The van der Waals surface area contributed by atoms with Gasteiger partial charge in [0.25, 0.3) is 0 Å². The SMILES string of the molecule is CC(C)(C)C1CCCC(N(C(=O)Oc2ccccc2)c2ccn[nH]2)C1. The van der Waals surface area contributed by atoms with Gasteiger partial charge in [-0.15, -0.1) is 0 Å². The van der Waals surface area contributed by atoms with Crippen LogP contribution in [0.5, 0.6) is 5.75 Å². The molecule has 1 aromatic carbocycles. The monoisotopic (exact) mass is 341 g/mol. The number of ether oxygens (including phenoxy) is 1. The standard InChI is InChI=1S/C20H27N3O2/c1-20(2,3)15-8-7-9-16(14-15)23(18-12-13-21-22-18)19(24)25-17-10-5-4-6-11-17/h4-6,10-13,15-16H,7-9,14H2,1-3H3,(H,21,22). The highest BCUT2D eigenvalue weighted by Gasteiger charge is 2.36. The van der Waals surface area contributed by atoms with Crippen molar-refractivity contribution in [1.82, 2.24) is 10.2 Å². The fourth-order valence-corrected chi connectivity index (χ4v) is 3.65. The second kappa shape index (κ2) is 7.30. The molecule has 2 unspecified atom stereocenters. The molecule has 134 valence electrons. The quantitative estimate of drug-likeness (QED) is 0.853. The molecule has 0 aliphatic heterocycles. The number of carbonyl (C=O) groups is 1. The van der Waals surface area contributed by atoms with Gasteiger partial charge in [-0.25, -0.2) is 4.79 Å². The van der Waals surface area contributed by atoms with Crippen LogP contribution in [0.2, 0.25) is 0 Å². The molecular formula is C20H27N3O2. The molecule has 5 nitrogen and oxygen atoms in total. The molecule has 0 bridgehead atoms. The number of hydrogen-bond donors (Lipinski definition) is 1. The number of para-hydroxylation sites is 1. The number of amides is 1. The van der Waals surface area contributed by atoms with Gasteiger partial charge in [-0.1, -0.05) is 45.4 Å². The lowest BCUT2D eigenvalue weighted by Gasteiger charge is -2.41. The van der Waals surface area contributed by atoms with Gasteiger partial charge in [0.2, 0.25) is 0 Å². The topological polar surface area (TPSA) is 58.2 Å². The molecule has 1 saturated carbocycles. The maximum Gasteiger partial charge on any atom is 0.421 e. The molecule has 5 heteroatoms. The smallest absolute Gasteiger partial charge is 0.410 e. The number of nitrogens with zero attached hydrogens (tertiary/aromatic N) is 2. The van der Waals surface area contributed by atoms with Crippen molar-refractivity contribution in [2.24, 2.45) is 11.3 Å². The van der Waals surface area contributed by atoms with Crippen molar-refractivity contribution >= 4 is 11.9 Å². The highest BCUT2D eigenvalue weighted by atomic mass is 16.6. The van der Waals surface area contributed by atoms with Gasteiger partial charge in [-0.2, -0.15) is 5.10 Å². The predicted molar refractivity (Wildman–Crippen MR) is 98.7 cm³/mol. The first-order valence-electron chi connectivity index (χ1n) is 9.00. The number of aromatic amines is 1. The number of nitrogens with one attached hydrogen (secondary N) is 1. The zero-order valence-corrected chi connectivity index (χ0v) is 15.2. The molecule has 0 spiro atoms. The zero-order chi connectivity index (χ0) is 17.9. The molecule has 0 radical (unpaired) electrons. The van der Waals surface area contributed by atoms with Gasteiger partial charge in [0, 0.05) is 12.1 Å². The van der Waals surface area contributed by atoms with Crippen LogP contribution >= 0.6 is 0 Å². The van der Waals surface area contributed by atoms with Gasteiger partial charge < -0.3 is 4.74 Å². The summed E-state index contributed by atoms with van der Waals surface area (Å²) in [6.07, 6.45) is 5.61. The van der Waals surface area contributed by atoms with Crippen molar-refractivity contribution < 1.29 is 9.53 Å². The van der Waals surface area contributed by atoms with Crippen molar-refractivity contribution in [2.45, 2.75) is 52.5 Å². The molecule has 1 fully saturated rings. The van der Waals surface area contributed by atoms with Crippen LogP contribution in [0, 0.1) is 11.3 Å². The van der Waals surface area contributed by atoms with Crippen LogP contribution in [0.4, 0.5) is 10.6 Å². The van der Waals surface area contributed by atoms with Crippen LogP contribution in [-0.2, 0) is 0 Å². The second-order valence-electron chi connectivity index (χ2n) is 7.88. The third-order valence-corrected chi connectivity index (χ3v) is 5.13. The third-order valence-electron chi connectivity index (χ3n) is 5.13. The van der Waals surface area contributed by atoms with E-state index in [9.17, 15) is 4.79 Å². The van der Waals surface area contributed by atoms with Crippen molar-refractivity contribution in [3.05, 3.63) is 42.6 Å². The Balaban J connectivity index is 1.81. The van der Waals surface area contributed by atoms with Crippen LogP contribution in [0.1, 0.15) is 46.5 Å². The van der Waals surface area contributed by atoms with Crippen molar-refractivity contribution in [3.8, 4) is 5.75 Å². The maximum absolute atomic E-state index is 12.9. The van der Waals surface area contributed by atoms with E-state index >= 15 is 0 Å². The van der Waals surface area contributed by atoms with Crippen molar-refractivity contribution in [2.75, 3.05) is 4.90 Å². The Morgan fingerprint density at radius 1 is 1.20 bits per heavy atom. The van der Waals surface area contributed by atoms with Gasteiger partial charge in [0.1, 0.15) is 11.6 Å². The van der Waals surface area contributed by atoms with E-state index in [1.165, 1.54) is 6.42 Å². The normalized spacial score (nSPS) is 20.9. The number of carbonyl (C=O) groups excluding carboxylic acids is 1. The average molecular weight is 341 g/mol. The Bertz CT molecular complexity index is 677. The number of aromatic nitrogens is 2. The van der Waals surface area contributed by atoms with Crippen LogP contribution in [0.3, 0.4) is 0 Å². The molecule has 1 heterocycles. The lowest BCUT2D eigenvalue weighted by molar-refractivity contribution is 0.156. The first-order chi connectivity index (χ1) is 11.9. The number of benzene rings is 1. The van der Waals surface area contributed by atoms with Crippen LogP contribution in [-0.4, -0.2) is 22.3 Å². The van der Waals surface area contributed by atoms with Crippen LogP contribution < -0.4 is 9.64 Å². The minimum absolute atomic E-state index is 0.120. The van der Waals surface area contributed by atoms with E-state index in [1.54, 1.807) is 23.2 Å². The van der Waals surface area contributed by atoms with E-state index in [2.05, 4.69) is 31.0 Å². The van der Waals surface area contributed by atoms with Gasteiger partial charge in [-0.05, 0) is 42.7 Å². The molecule has 0 saturated heterocycles. The van der Waals surface area contributed by atoms with Gasteiger partial charge >= 0.3 is 6.09 Å². The number of rotatable bonds is 3. The number of anilines is 1. The molecule has 25 heavy (non-hydrogen) atoms. The summed E-state index contributed by atoms with van der Waals surface area (Å²) >= 11 is 0. The number of hydrogen-bond acceptors (Lipinski definition) is 3. The largest absolute Gasteiger partial charge is 0.421 e. The first-order valence-corrected chi connectivity index (χ1v) is 9.00. The van der Waals surface area contributed by atoms with Crippen LogP contribution in [0.15, 0.2) is 42.6 Å². The van der Waals surface area contributed by atoms with Gasteiger partial charge in [-0.3, -0.25) is 10.00 Å². The molecule has 2 aromatic rings. The Hall–Kier alpha value is -2.30. The summed E-state index contributed by atoms with van der Waals surface area (Å²) in [5.41, 5.74) is 0.238. The van der Waals surface area contributed by atoms with E-state index in [1.807, 2.05) is 24.3 Å². The highest BCUT2D eigenvalue weighted by molar-refractivity contribution is 5.88. The van der Waals surface area contributed by atoms with E-state index in [4.69, 9.17) is 4.74 Å². The Morgan fingerprint density at radius 2 is 1.96 bits per heavy atom. The lowest BCUT2D eigenvalue weighted by Crippen LogP contribution is -2.46. The fraction of sp³-hybridized carbons (Fsp3) is 0.500. The summed E-state index contributed by atoms with van der Waals surface area (Å²) in [7, 11) is 0. The zero-order valence-electron chi connectivity index (χ0n) is 15.2. The molecule has 1 aliphatic rings. The summed E-state index contributed by atoms with van der Waals surface area (Å²) in [5.74, 6) is 1.84. The van der Waals surface area contributed by atoms with E-state index in [0.29, 0.717) is 17.5 Å². The third kappa shape index (κ3) is 4.21. The second-order valence-corrected chi connectivity index (χ2v) is 7.88. The number of H-pyrrole nitrogens is 1. The minimum Gasteiger partial charge on any atom is -0.410 e. The van der Waals surface area contributed by atoms with Crippen molar-refractivity contribution in [1.29, 1.82) is 0 Å². The Kier molecular flexibility index (Phi) is 5.11. The summed E-state index contributed by atoms with van der Waals surface area (Å²) in [5, 5.41) is 6.95. The Morgan fingerprint density at radius 3 is 2.60 bits per heavy atom. The molecule has 1 aliphatic carbocycles. The summed E-state index contributed by atoms with van der Waals surface area (Å²) in [4.78, 5) is 14.7. The Labute approximate surface area is 149 Å². The lowest BCUT2D eigenvalue weighted by atomic mass is 9.71. The summed E-state index contributed by atoms with van der Waals surface area (Å²) in [6.45, 7) is 6.84. The molecule has 1 amide bonds. The average Bonchev–Trinajstić information content (AvgIpc) is 3.09. The fourth-order valence-electron chi connectivity index (χ4n) is 3.65. The van der Waals surface area contributed by atoms with E-state index in [0.717, 1.165) is 19.3 Å². The highest BCUT2D eigenvalue weighted by Crippen LogP contribution is 2.40. The van der Waals surface area contributed by atoms with Crippen molar-refractivity contribution in [3.63, 3.8) is 0 Å². The maximum atomic E-state index is 12.9. The van der Waals surface area contributed by atoms with Gasteiger partial charge in [0.05, 0.1) is 6.20 Å². The van der Waals surface area contributed by atoms with Crippen LogP contribution in [0.25, 0.3) is 0 Å².